The lowest BCUT2D eigenvalue weighted by atomic mass is 10.2. The first-order valence-electron chi connectivity index (χ1n) is 8.58. The quantitative estimate of drug-likeness (QED) is 0.766. The van der Waals surface area contributed by atoms with Crippen molar-refractivity contribution in [1.29, 1.82) is 0 Å². The zero-order valence-electron chi connectivity index (χ0n) is 14.5. The Morgan fingerprint density at radius 1 is 1.16 bits per heavy atom. The maximum absolute atomic E-state index is 5.74. The molecule has 0 fully saturated rings. The highest BCUT2D eigenvalue weighted by molar-refractivity contribution is 5.81. The summed E-state index contributed by atoms with van der Waals surface area (Å²) in [5.41, 5.74) is 9.62. The minimum absolute atomic E-state index is 0.566. The van der Waals surface area contributed by atoms with Crippen molar-refractivity contribution in [2.45, 2.75) is 33.2 Å². The zero-order chi connectivity index (χ0) is 17.4. The number of hydrogen-bond acceptors (Lipinski definition) is 6. The molecule has 2 N–H and O–H groups in total. The van der Waals surface area contributed by atoms with Crippen LogP contribution in [-0.4, -0.2) is 34.5 Å². The van der Waals surface area contributed by atoms with Gasteiger partial charge in [0.05, 0.1) is 23.3 Å². The fraction of sp³-hybridized carbons (Fsp3) is 0.444. The molecule has 25 heavy (non-hydrogen) atoms. The SMILES string of the molecule is Cc1noc(C)c1Cn1c(CCCN)nc2cc3c(cc21)OCCO3. The maximum atomic E-state index is 5.74. The molecule has 0 amide bonds. The van der Waals surface area contributed by atoms with Gasteiger partial charge in [0.2, 0.25) is 0 Å². The second-order valence-corrected chi connectivity index (χ2v) is 6.29. The number of hydrogen-bond donors (Lipinski definition) is 1. The topological polar surface area (TPSA) is 88.3 Å². The van der Waals surface area contributed by atoms with Crippen LogP contribution in [0.5, 0.6) is 11.5 Å². The van der Waals surface area contributed by atoms with Crippen molar-refractivity contribution in [3.05, 3.63) is 35.0 Å². The Balaban J connectivity index is 1.83. The second kappa shape index (κ2) is 6.40. The summed E-state index contributed by atoms with van der Waals surface area (Å²) in [6, 6.07) is 3.97. The molecule has 0 bridgehead atoms. The molecule has 132 valence electrons. The van der Waals surface area contributed by atoms with Crippen LogP contribution in [0.2, 0.25) is 0 Å². The first-order chi connectivity index (χ1) is 12.2. The third kappa shape index (κ3) is 2.84. The Morgan fingerprint density at radius 3 is 2.60 bits per heavy atom. The molecule has 7 nitrogen and oxygen atoms in total. The van der Waals surface area contributed by atoms with Crippen LogP contribution in [0.25, 0.3) is 11.0 Å². The first kappa shape index (κ1) is 16.0. The second-order valence-electron chi connectivity index (χ2n) is 6.29. The third-order valence-electron chi connectivity index (χ3n) is 4.59. The van der Waals surface area contributed by atoms with Gasteiger partial charge in [-0.3, -0.25) is 0 Å². The van der Waals surface area contributed by atoms with Crippen molar-refractivity contribution in [3.8, 4) is 11.5 Å². The summed E-state index contributed by atoms with van der Waals surface area (Å²) in [6.07, 6.45) is 1.71. The highest BCUT2D eigenvalue weighted by Gasteiger charge is 2.20. The molecule has 2 aromatic heterocycles. The van der Waals surface area contributed by atoms with Crippen LogP contribution < -0.4 is 15.2 Å². The van der Waals surface area contributed by atoms with Crippen molar-refractivity contribution in [2.75, 3.05) is 19.8 Å². The number of nitrogens with two attached hydrogens (primary N) is 1. The van der Waals surface area contributed by atoms with E-state index in [9.17, 15) is 0 Å². The molecule has 1 aromatic carbocycles. The van der Waals surface area contributed by atoms with E-state index in [2.05, 4.69) is 9.72 Å². The number of fused-ring (bicyclic) bond motifs is 2. The predicted octanol–water partition coefficient (Wildman–Crippen LogP) is 2.35. The van der Waals surface area contributed by atoms with Crippen LogP contribution in [0.3, 0.4) is 0 Å². The fourth-order valence-electron chi connectivity index (χ4n) is 3.22. The highest BCUT2D eigenvalue weighted by Crippen LogP contribution is 2.35. The largest absolute Gasteiger partial charge is 0.486 e. The van der Waals surface area contributed by atoms with Gasteiger partial charge in [0, 0.05) is 24.1 Å². The minimum atomic E-state index is 0.566. The lowest BCUT2D eigenvalue weighted by molar-refractivity contribution is 0.172. The van der Waals surface area contributed by atoms with E-state index in [1.807, 2.05) is 26.0 Å². The van der Waals surface area contributed by atoms with Gasteiger partial charge in [-0.2, -0.15) is 0 Å². The highest BCUT2D eigenvalue weighted by atomic mass is 16.6. The molecule has 0 aliphatic carbocycles. The van der Waals surface area contributed by atoms with E-state index in [0.717, 1.165) is 58.2 Å². The summed E-state index contributed by atoms with van der Waals surface area (Å²) < 4.78 is 19.0. The summed E-state index contributed by atoms with van der Waals surface area (Å²) in [5.74, 6) is 3.36. The molecule has 1 aliphatic rings. The third-order valence-corrected chi connectivity index (χ3v) is 4.59. The molecule has 0 spiro atoms. The van der Waals surface area contributed by atoms with Gasteiger partial charge in [0.25, 0.3) is 0 Å². The summed E-state index contributed by atoms with van der Waals surface area (Å²) in [6.45, 7) is 6.33. The molecule has 0 radical (unpaired) electrons. The van der Waals surface area contributed by atoms with Crippen molar-refractivity contribution in [2.24, 2.45) is 5.73 Å². The lowest BCUT2D eigenvalue weighted by Crippen LogP contribution is -2.15. The average molecular weight is 342 g/mol. The smallest absolute Gasteiger partial charge is 0.163 e. The van der Waals surface area contributed by atoms with Gasteiger partial charge in [-0.1, -0.05) is 5.16 Å². The Labute approximate surface area is 145 Å². The van der Waals surface area contributed by atoms with E-state index >= 15 is 0 Å². The van der Waals surface area contributed by atoms with E-state index < -0.39 is 0 Å². The van der Waals surface area contributed by atoms with Gasteiger partial charge in [0.1, 0.15) is 24.8 Å². The molecule has 7 heteroatoms. The van der Waals surface area contributed by atoms with E-state index in [1.165, 1.54) is 0 Å². The van der Waals surface area contributed by atoms with Gasteiger partial charge in [-0.15, -0.1) is 0 Å². The average Bonchev–Trinajstić information content (AvgIpc) is 3.12. The molecular weight excluding hydrogens is 320 g/mol. The summed E-state index contributed by atoms with van der Waals surface area (Å²) >= 11 is 0. The Bertz CT molecular complexity index is 893. The number of aryl methyl sites for hydroxylation is 3. The number of benzene rings is 1. The van der Waals surface area contributed by atoms with Crippen molar-refractivity contribution in [1.82, 2.24) is 14.7 Å². The molecule has 0 saturated heterocycles. The first-order valence-corrected chi connectivity index (χ1v) is 8.58. The number of imidazole rings is 1. The zero-order valence-corrected chi connectivity index (χ0v) is 14.5. The summed E-state index contributed by atoms with van der Waals surface area (Å²) in [7, 11) is 0. The predicted molar refractivity (Wildman–Crippen MR) is 93.2 cm³/mol. The molecule has 0 atom stereocenters. The van der Waals surface area contributed by atoms with Crippen LogP contribution in [0.15, 0.2) is 16.7 Å². The molecule has 0 saturated carbocycles. The van der Waals surface area contributed by atoms with Crippen molar-refractivity contribution >= 4 is 11.0 Å². The molecule has 3 heterocycles. The minimum Gasteiger partial charge on any atom is -0.486 e. The molecule has 0 unspecified atom stereocenters. The summed E-state index contributed by atoms with van der Waals surface area (Å²) in [5, 5.41) is 4.07. The van der Waals surface area contributed by atoms with Crippen LogP contribution in [0.4, 0.5) is 0 Å². The van der Waals surface area contributed by atoms with Gasteiger partial charge in [-0.25, -0.2) is 4.98 Å². The Morgan fingerprint density at radius 2 is 1.92 bits per heavy atom. The summed E-state index contributed by atoms with van der Waals surface area (Å²) in [4.78, 5) is 4.82. The van der Waals surface area contributed by atoms with Gasteiger partial charge >= 0.3 is 0 Å². The van der Waals surface area contributed by atoms with E-state index in [1.54, 1.807) is 0 Å². The number of aromatic nitrogens is 3. The normalized spacial score (nSPS) is 13.6. The fourth-order valence-corrected chi connectivity index (χ4v) is 3.22. The van der Waals surface area contributed by atoms with Gasteiger partial charge in [-0.05, 0) is 26.8 Å². The van der Waals surface area contributed by atoms with Crippen LogP contribution in [0.1, 0.15) is 29.3 Å². The van der Waals surface area contributed by atoms with Crippen molar-refractivity contribution in [3.63, 3.8) is 0 Å². The number of rotatable bonds is 5. The standard InChI is InChI=1S/C18H22N4O3/c1-11-13(12(2)25-21-11)10-22-15-9-17-16(23-6-7-24-17)8-14(15)20-18(22)4-3-5-19/h8-9H,3-7,10,19H2,1-2H3. The van der Waals surface area contributed by atoms with Gasteiger partial charge < -0.3 is 24.3 Å². The monoisotopic (exact) mass is 342 g/mol. The molecular formula is C18H22N4O3. The van der Waals surface area contributed by atoms with Crippen LogP contribution in [0, 0.1) is 13.8 Å². The van der Waals surface area contributed by atoms with Crippen molar-refractivity contribution < 1.29 is 14.0 Å². The Kier molecular flexibility index (Phi) is 4.09. The van der Waals surface area contributed by atoms with Gasteiger partial charge in [0.15, 0.2) is 11.5 Å². The van der Waals surface area contributed by atoms with Crippen LogP contribution in [-0.2, 0) is 13.0 Å². The maximum Gasteiger partial charge on any atom is 0.163 e. The van der Waals surface area contributed by atoms with Crippen LogP contribution >= 0.6 is 0 Å². The van der Waals surface area contributed by atoms with E-state index in [4.69, 9.17) is 24.7 Å². The molecule has 1 aliphatic heterocycles. The van der Waals surface area contributed by atoms with E-state index in [0.29, 0.717) is 26.3 Å². The van der Waals surface area contributed by atoms with E-state index in [-0.39, 0.29) is 0 Å². The lowest BCUT2D eigenvalue weighted by Gasteiger charge is -2.18. The number of ether oxygens (including phenoxy) is 2. The molecule has 4 rings (SSSR count). The number of nitrogens with zero attached hydrogens (tertiary/aromatic N) is 3. The Hall–Kier alpha value is -2.54. The molecule has 3 aromatic rings.